The highest BCUT2D eigenvalue weighted by atomic mass is 16.3. The molecule has 0 aliphatic rings. The molecule has 0 amide bonds. The van der Waals surface area contributed by atoms with Crippen molar-refractivity contribution in [2.45, 2.75) is 40.0 Å². The molecule has 34 heavy (non-hydrogen) atoms. The monoisotopic (exact) mass is 445 g/mol. The predicted molar refractivity (Wildman–Crippen MR) is 140 cm³/mol. The van der Waals surface area contributed by atoms with Crippen molar-refractivity contribution in [2.24, 2.45) is 0 Å². The first kappa shape index (κ1) is 20.7. The molecule has 0 unspecified atom stereocenters. The number of hydrogen-bond acceptors (Lipinski definition) is 3. The maximum absolute atomic E-state index is 6.43. The number of furan rings is 2. The standard InChI is InChI=1S/C31H27NO2/c1-18-17-33-26-11-10-21(15-24(18)26)30-19(2)28-27(34-30)12-13-32-29(28)22-14-20-8-6-7-9-23(20)25(16-22)31(3,4)5/h6-17H,1-5H3. The Hall–Kier alpha value is -3.85. The molecule has 0 aliphatic heterocycles. The fourth-order valence-corrected chi connectivity index (χ4v) is 5.05. The molecule has 6 aromatic rings. The van der Waals surface area contributed by atoms with E-state index in [1.165, 1.54) is 16.3 Å². The van der Waals surface area contributed by atoms with Crippen LogP contribution in [0.2, 0.25) is 0 Å². The van der Waals surface area contributed by atoms with Gasteiger partial charge >= 0.3 is 0 Å². The highest BCUT2D eigenvalue weighted by Gasteiger charge is 2.22. The molecule has 3 aromatic carbocycles. The third kappa shape index (κ3) is 3.15. The number of fused-ring (bicyclic) bond motifs is 3. The second kappa shape index (κ2) is 7.33. The predicted octanol–water partition coefficient (Wildman–Crippen LogP) is 8.98. The molecule has 3 heteroatoms. The lowest BCUT2D eigenvalue weighted by atomic mass is 9.82. The molecule has 0 radical (unpaired) electrons. The van der Waals surface area contributed by atoms with Crippen LogP contribution in [0.4, 0.5) is 0 Å². The molecule has 0 aliphatic carbocycles. The Morgan fingerprint density at radius 3 is 2.44 bits per heavy atom. The average molecular weight is 446 g/mol. The second-order valence-corrected chi connectivity index (χ2v) is 10.2. The summed E-state index contributed by atoms with van der Waals surface area (Å²) in [5.41, 5.74) is 8.43. The van der Waals surface area contributed by atoms with Crippen molar-refractivity contribution >= 4 is 32.7 Å². The molecule has 0 N–H and O–H groups in total. The van der Waals surface area contributed by atoms with Crippen molar-refractivity contribution in [3.8, 4) is 22.6 Å². The minimum absolute atomic E-state index is 0.0119. The van der Waals surface area contributed by atoms with Gasteiger partial charge < -0.3 is 8.83 Å². The van der Waals surface area contributed by atoms with Crippen molar-refractivity contribution in [3.63, 3.8) is 0 Å². The van der Waals surface area contributed by atoms with E-state index in [4.69, 9.17) is 13.8 Å². The molecule has 168 valence electrons. The van der Waals surface area contributed by atoms with E-state index in [9.17, 15) is 0 Å². The summed E-state index contributed by atoms with van der Waals surface area (Å²) >= 11 is 0. The van der Waals surface area contributed by atoms with Gasteiger partial charge in [0.2, 0.25) is 0 Å². The lowest BCUT2D eigenvalue weighted by molar-refractivity contribution is 0.596. The summed E-state index contributed by atoms with van der Waals surface area (Å²) in [6.07, 6.45) is 3.65. The summed E-state index contributed by atoms with van der Waals surface area (Å²) in [6, 6.07) is 21.4. The number of aromatic nitrogens is 1. The highest BCUT2D eigenvalue weighted by molar-refractivity contribution is 6.01. The van der Waals surface area contributed by atoms with Crippen molar-refractivity contribution < 1.29 is 8.83 Å². The van der Waals surface area contributed by atoms with Gasteiger partial charge in [-0.1, -0.05) is 45.0 Å². The normalized spacial score (nSPS) is 12.3. The molecular weight excluding hydrogens is 418 g/mol. The summed E-state index contributed by atoms with van der Waals surface area (Å²) in [7, 11) is 0. The number of aryl methyl sites for hydroxylation is 2. The number of pyridine rings is 1. The van der Waals surface area contributed by atoms with Gasteiger partial charge in [-0.05, 0) is 77.6 Å². The molecular formula is C31H27NO2. The van der Waals surface area contributed by atoms with Crippen LogP contribution in [0.1, 0.15) is 37.5 Å². The molecule has 0 fully saturated rings. The van der Waals surface area contributed by atoms with Gasteiger partial charge in [0.15, 0.2) is 0 Å². The number of benzene rings is 3. The molecule has 0 spiro atoms. The topological polar surface area (TPSA) is 39.2 Å². The minimum Gasteiger partial charge on any atom is -0.464 e. The zero-order valence-corrected chi connectivity index (χ0v) is 20.2. The summed E-state index contributed by atoms with van der Waals surface area (Å²) in [4.78, 5) is 4.86. The maximum atomic E-state index is 6.43. The molecule has 6 rings (SSSR count). The van der Waals surface area contributed by atoms with Crippen LogP contribution >= 0.6 is 0 Å². The molecule has 3 nitrogen and oxygen atoms in total. The fourth-order valence-electron chi connectivity index (χ4n) is 5.05. The van der Waals surface area contributed by atoms with Gasteiger partial charge in [-0.2, -0.15) is 0 Å². The Morgan fingerprint density at radius 1 is 0.794 bits per heavy atom. The van der Waals surface area contributed by atoms with E-state index < -0.39 is 0 Å². The molecule has 0 saturated carbocycles. The molecule has 0 bridgehead atoms. The van der Waals surface area contributed by atoms with Crippen LogP contribution in [0, 0.1) is 13.8 Å². The Kier molecular flexibility index (Phi) is 4.47. The van der Waals surface area contributed by atoms with Crippen molar-refractivity contribution in [1.82, 2.24) is 4.98 Å². The van der Waals surface area contributed by atoms with E-state index in [2.05, 4.69) is 83.1 Å². The van der Waals surface area contributed by atoms with Crippen LogP contribution < -0.4 is 0 Å². The number of nitrogens with zero attached hydrogens (tertiary/aromatic N) is 1. The van der Waals surface area contributed by atoms with Gasteiger partial charge in [-0.25, -0.2) is 0 Å². The van der Waals surface area contributed by atoms with Crippen LogP contribution in [0.15, 0.2) is 82.0 Å². The first-order chi connectivity index (χ1) is 16.3. The minimum atomic E-state index is 0.0119. The smallest absolute Gasteiger partial charge is 0.138 e. The third-order valence-corrected chi connectivity index (χ3v) is 6.81. The first-order valence-electron chi connectivity index (χ1n) is 11.7. The van der Waals surface area contributed by atoms with Crippen LogP contribution in [-0.4, -0.2) is 4.98 Å². The second-order valence-electron chi connectivity index (χ2n) is 10.2. The van der Waals surface area contributed by atoms with Gasteiger partial charge in [-0.15, -0.1) is 0 Å². The Balaban J connectivity index is 1.60. The summed E-state index contributed by atoms with van der Waals surface area (Å²) in [5.74, 6) is 0.878. The van der Waals surface area contributed by atoms with Gasteiger partial charge in [0.1, 0.15) is 16.9 Å². The van der Waals surface area contributed by atoms with Gasteiger partial charge in [0, 0.05) is 28.3 Å². The van der Waals surface area contributed by atoms with Crippen LogP contribution in [0.25, 0.3) is 55.3 Å². The maximum Gasteiger partial charge on any atom is 0.138 e. The third-order valence-electron chi connectivity index (χ3n) is 6.81. The summed E-state index contributed by atoms with van der Waals surface area (Å²) in [5, 5.41) is 4.70. The van der Waals surface area contributed by atoms with E-state index in [1.54, 1.807) is 6.26 Å². The SMILES string of the molecule is Cc1coc2ccc(-c3oc4ccnc(-c5cc(C(C)(C)C)c6ccccc6c5)c4c3C)cc12. The van der Waals surface area contributed by atoms with Crippen molar-refractivity contribution in [3.05, 3.63) is 89.8 Å². The molecule has 0 atom stereocenters. The first-order valence-corrected chi connectivity index (χ1v) is 11.7. The van der Waals surface area contributed by atoms with E-state index in [-0.39, 0.29) is 5.41 Å². The lowest BCUT2D eigenvalue weighted by Gasteiger charge is -2.22. The highest BCUT2D eigenvalue weighted by Crippen LogP contribution is 2.41. The lowest BCUT2D eigenvalue weighted by Crippen LogP contribution is -2.12. The fraction of sp³-hybridized carbons (Fsp3) is 0.194. The van der Waals surface area contributed by atoms with Gasteiger partial charge in [0.25, 0.3) is 0 Å². The summed E-state index contributed by atoms with van der Waals surface area (Å²) in [6.45, 7) is 11.0. The quantitative estimate of drug-likeness (QED) is 0.267. The van der Waals surface area contributed by atoms with E-state index in [0.29, 0.717) is 0 Å². The van der Waals surface area contributed by atoms with Crippen LogP contribution in [0.3, 0.4) is 0 Å². The van der Waals surface area contributed by atoms with Crippen LogP contribution in [-0.2, 0) is 5.41 Å². The van der Waals surface area contributed by atoms with E-state index >= 15 is 0 Å². The van der Waals surface area contributed by atoms with Gasteiger partial charge in [-0.3, -0.25) is 4.98 Å². The molecule has 3 heterocycles. The van der Waals surface area contributed by atoms with Crippen LogP contribution in [0.5, 0.6) is 0 Å². The Morgan fingerprint density at radius 2 is 1.62 bits per heavy atom. The zero-order chi connectivity index (χ0) is 23.6. The Bertz CT molecular complexity index is 1710. The average Bonchev–Trinajstić information content (AvgIpc) is 3.37. The summed E-state index contributed by atoms with van der Waals surface area (Å²) < 4.78 is 12.1. The number of hydrogen-bond donors (Lipinski definition) is 0. The van der Waals surface area contributed by atoms with E-state index in [0.717, 1.165) is 55.6 Å². The van der Waals surface area contributed by atoms with Crippen molar-refractivity contribution in [1.29, 1.82) is 0 Å². The molecule has 0 saturated heterocycles. The Labute approximate surface area is 199 Å². The zero-order valence-electron chi connectivity index (χ0n) is 20.2. The van der Waals surface area contributed by atoms with Gasteiger partial charge in [0.05, 0.1) is 17.3 Å². The molecule has 3 aromatic heterocycles. The van der Waals surface area contributed by atoms with Crippen molar-refractivity contribution in [2.75, 3.05) is 0 Å². The number of rotatable bonds is 2. The largest absolute Gasteiger partial charge is 0.464 e. The van der Waals surface area contributed by atoms with E-state index in [1.807, 2.05) is 18.3 Å².